The van der Waals surface area contributed by atoms with Gasteiger partial charge in [-0.25, -0.2) is 0 Å². The van der Waals surface area contributed by atoms with Gasteiger partial charge in [-0.2, -0.15) is 0 Å². The number of nitrogens with zero attached hydrogens (tertiary/aromatic N) is 1. The molecule has 3 heteroatoms. The van der Waals surface area contributed by atoms with Crippen molar-refractivity contribution in [3.05, 3.63) is 0 Å². The predicted octanol–water partition coefficient (Wildman–Crippen LogP) is 2.34. The Bertz CT molecular complexity index is 174. The molecule has 1 saturated carbocycles. The van der Waals surface area contributed by atoms with Gasteiger partial charge in [0.2, 0.25) is 0 Å². The lowest BCUT2D eigenvalue weighted by atomic mass is 9.79. The molecule has 1 unspecified atom stereocenters. The fraction of sp³-hybridized carbons (Fsp3) is 0.900. The molecule has 76 valence electrons. The van der Waals surface area contributed by atoms with E-state index in [9.17, 15) is 0 Å². The SMILES string of the molecule is CC(C/C(N)=N/O)C1CCCCC1. The highest BCUT2D eigenvalue weighted by Gasteiger charge is 2.20. The van der Waals surface area contributed by atoms with Crippen LogP contribution in [0.15, 0.2) is 5.16 Å². The molecule has 3 N–H and O–H groups in total. The first-order valence-corrected chi connectivity index (χ1v) is 5.20. The zero-order chi connectivity index (χ0) is 9.68. The van der Waals surface area contributed by atoms with Crippen LogP contribution in [0.3, 0.4) is 0 Å². The van der Waals surface area contributed by atoms with Crippen molar-refractivity contribution in [2.45, 2.75) is 45.4 Å². The van der Waals surface area contributed by atoms with E-state index in [4.69, 9.17) is 10.9 Å². The summed E-state index contributed by atoms with van der Waals surface area (Å²) in [6, 6.07) is 0. The molecule has 1 fully saturated rings. The minimum absolute atomic E-state index is 0.373. The van der Waals surface area contributed by atoms with E-state index in [1.54, 1.807) is 0 Å². The molecule has 13 heavy (non-hydrogen) atoms. The van der Waals surface area contributed by atoms with Crippen LogP contribution in [0.1, 0.15) is 45.4 Å². The minimum Gasteiger partial charge on any atom is -0.409 e. The fourth-order valence-electron chi connectivity index (χ4n) is 2.24. The molecule has 0 amide bonds. The monoisotopic (exact) mass is 184 g/mol. The molecule has 0 bridgehead atoms. The van der Waals surface area contributed by atoms with E-state index >= 15 is 0 Å². The molecule has 0 aliphatic heterocycles. The van der Waals surface area contributed by atoms with Gasteiger partial charge in [0, 0.05) is 6.42 Å². The summed E-state index contributed by atoms with van der Waals surface area (Å²) in [5.41, 5.74) is 5.48. The molecule has 0 heterocycles. The molecule has 1 rings (SSSR count). The van der Waals surface area contributed by atoms with Gasteiger partial charge in [-0.3, -0.25) is 0 Å². The predicted molar refractivity (Wildman–Crippen MR) is 53.8 cm³/mol. The van der Waals surface area contributed by atoms with E-state index in [1.165, 1.54) is 32.1 Å². The lowest BCUT2D eigenvalue weighted by molar-refractivity contribution is 0.264. The number of rotatable bonds is 3. The Kier molecular flexibility index (Phi) is 4.06. The van der Waals surface area contributed by atoms with Gasteiger partial charge in [0.15, 0.2) is 0 Å². The van der Waals surface area contributed by atoms with Crippen LogP contribution in [0.5, 0.6) is 0 Å². The van der Waals surface area contributed by atoms with E-state index in [-0.39, 0.29) is 0 Å². The van der Waals surface area contributed by atoms with Crippen LogP contribution in [0.4, 0.5) is 0 Å². The number of hydrogen-bond acceptors (Lipinski definition) is 2. The highest BCUT2D eigenvalue weighted by molar-refractivity contribution is 5.79. The molecule has 0 aromatic carbocycles. The molecule has 3 nitrogen and oxygen atoms in total. The van der Waals surface area contributed by atoms with E-state index < -0.39 is 0 Å². The van der Waals surface area contributed by atoms with Crippen LogP contribution in [0.25, 0.3) is 0 Å². The smallest absolute Gasteiger partial charge is 0.139 e. The first-order valence-electron chi connectivity index (χ1n) is 5.20. The maximum Gasteiger partial charge on any atom is 0.139 e. The second-order valence-electron chi connectivity index (χ2n) is 4.17. The van der Waals surface area contributed by atoms with Gasteiger partial charge in [0.25, 0.3) is 0 Å². The molecular formula is C10H20N2O. The van der Waals surface area contributed by atoms with Crippen LogP contribution in [0, 0.1) is 11.8 Å². The van der Waals surface area contributed by atoms with Crippen molar-refractivity contribution in [3.63, 3.8) is 0 Å². The third kappa shape index (κ3) is 3.25. The molecule has 0 aromatic rings. The Balaban J connectivity index is 2.32. The number of nitrogens with two attached hydrogens (primary N) is 1. The second-order valence-corrected chi connectivity index (χ2v) is 4.17. The molecule has 1 atom stereocenters. The number of oxime groups is 1. The van der Waals surface area contributed by atoms with Crippen LogP contribution >= 0.6 is 0 Å². The van der Waals surface area contributed by atoms with E-state index in [0.29, 0.717) is 11.8 Å². The average Bonchev–Trinajstić information content (AvgIpc) is 2.19. The standard InChI is InChI=1S/C10H20N2O/c1-8(7-10(11)12-13)9-5-3-2-4-6-9/h8-9,13H,2-7H2,1H3,(H2,11,12). The zero-order valence-corrected chi connectivity index (χ0v) is 8.37. The highest BCUT2D eigenvalue weighted by Crippen LogP contribution is 2.31. The number of amidine groups is 1. The third-order valence-corrected chi connectivity index (χ3v) is 3.11. The van der Waals surface area contributed by atoms with Crippen molar-refractivity contribution in [3.8, 4) is 0 Å². The van der Waals surface area contributed by atoms with Crippen molar-refractivity contribution in [1.29, 1.82) is 0 Å². The van der Waals surface area contributed by atoms with Crippen molar-refractivity contribution in [2.75, 3.05) is 0 Å². The topological polar surface area (TPSA) is 58.6 Å². The molecule has 1 aliphatic carbocycles. The van der Waals surface area contributed by atoms with Crippen molar-refractivity contribution >= 4 is 5.84 Å². The van der Waals surface area contributed by atoms with E-state index in [0.717, 1.165) is 12.3 Å². The number of hydrogen-bond donors (Lipinski definition) is 2. The summed E-state index contributed by atoms with van der Waals surface area (Å²) in [6.45, 7) is 2.20. The van der Waals surface area contributed by atoms with Gasteiger partial charge < -0.3 is 10.9 Å². The van der Waals surface area contributed by atoms with Crippen LogP contribution in [-0.4, -0.2) is 11.0 Å². The fourth-order valence-corrected chi connectivity index (χ4v) is 2.24. The summed E-state index contributed by atoms with van der Waals surface area (Å²) < 4.78 is 0. The van der Waals surface area contributed by atoms with Gasteiger partial charge in [0.05, 0.1) is 0 Å². The largest absolute Gasteiger partial charge is 0.409 e. The molecule has 0 spiro atoms. The highest BCUT2D eigenvalue weighted by atomic mass is 16.4. The van der Waals surface area contributed by atoms with Gasteiger partial charge in [-0.15, -0.1) is 0 Å². The maximum absolute atomic E-state index is 8.44. The van der Waals surface area contributed by atoms with Crippen molar-refractivity contribution in [2.24, 2.45) is 22.7 Å². The normalized spacial score (nSPS) is 23.0. The summed E-state index contributed by atoms with van der Waals surface area (Å²) in [7, 11) is 0. The van der Waals surface area contributed by atoms with Gasteiger partial charge in [0.1, 0.15) is 5.84 Å². The summed E-state index contributed by atoms with van der Waals surface area (Å²) in [4.78, 5) is 0. The summed E-state index contributed by atoms with van der Waals surface area (Å²) >= 11 is 0. The summed E-state index contributed by atoms with van der Waals surface area (Å²) in [6.07, 6.45) is 7.46. The lowest BCUT2D eigenvalue weighted by Gasteiger charge is -2.27. The minimum atomic E-state index is 0.373. The van der Waals surface area contributed by atoms with E-state index in [2.05, 4.69) is 12.1 Å². The van der Waals surface area contributed by atoms with Gasteiger partial charge >= 0.3 is 0 Å². The molecule has 0 aromatic heterocycles. The Morgan fingerprint density at radius 2 is 2.08 bits per heavy atom. The van der Waals surface area contributed by atoms with Crippen LogP contribution < -0.4 is 5.73 Å². The summed E-state index contributed by atoms with van der Waals surface area (Å²) in [5.74, 6) is 1.73. The maximum atomic E-state index is 8.44. The van der Waals surface area contributed by atoms with Crippen LogP contribution in [-0.2, 0) is 0 Å². The van der Waals surface area contributed by atoms with E-state index in [1.807, 2.05) is 0 Å². The Morgan fingerprint density at radius 3 is 2.62 bits per heavy atom. The average molecular weight is 184 g/mol. The van der Waals surface area contributed by atoms with Crippen molar-refractivity contribution in [1.82, 2.24) is 0 Å². The third-order valence-electron chi connectivity index (χ3n) is 3.11. The van der Waals surface area contributed by atoms with Crippen molar-refractivity contribution < 1.29 is 5.21 Å². The Labute approximate surface area is 80.0 Å². The lowest BCUT2D eigenvalue weighted by Crippen LogP contribution is -2.22. The Hall–Kier alpha value is -0.730. The quantitative estimate of drug-likeness (QED) is 0.306. The molecule has 0 radical (unpaired) electrons. The summed E-state index contributed by atoms with van der Waals surface area (Å²) in [5, 5.41) is 11.5. The zero-order valence-electron chi connectivity index (χ0n) is 8.37. The molecule has 1 aliphatic rings. The molecular weight excluding hydrogens is 164 g/mol. The van der Waals surface area contributed by atoms with Gasteiger partial charge in [-0.1, -0.05) is 44.2 Å². The Morgan fingerprint density at radius 1 is 1.46 bits per heavy atom. The first kappa shape index (κ1) is 10.4. The molecule has 0 saturated heterocycles. The van der Waals surface area contributed by atoms with Crippen LogP contribution in [0.2, 0.25) is 0 Å². The first-order chi connectivity index (χ1) is 6.24. The van der Waals surface area contributed by atoms with Gasteiger partial charge in [-0.05, 0) is 11.8 Å². The second kappa shape index (κ2) is 5.10.